The van der Waals surface area contributed by atoms with Crippen LogP contribution in [0, 0.1) is 13.8 Å². The lowest BCUT2D eigenvalue weighted by molar-refractivity contribution is 1.17. The number of nitrogens with zero attached hydrogens (tertiary/aromatic N) is 4. The molecule has 0 fully saturated rings. The predicted molar refractivity (Wildman–Crippen MR) is 191 cm³/mol. The van der Waals surface area contributed by atoms with Gasteiger partial charge in [0.15, 0.2) is 0 Å². The standard InChI is InChI=1S/C42H32N4/c1-29-24-39(32-26-43-28-44-27-32)30(2)23-38(29)31-17-19-35(20-18-31)46-41-16-10-9-15-37(41)40-25-36(21-22-42(40)46)45(33-11-5-3-6-12-33)34-13-7-4-8-14-34/h3-28H,1-2H3. The molecule has 2 aromatic heterocycles. The molecule has 6 aromatic carbocycles. The monoisotopic (exact) mass is 592 g/mol. The maximum absolute atomic E-state index is 4.21. The van der Waals surface area contributed by atoms with Gasteiger partial charge in [0.25, 0.3) is 0 Å². The highest BCUT2D eigenvalue weighted by Crippen LogP contribution is 2.40. The summed E-state index contributed by atoms with van der Waals surface area (Å²) < 4.78 is 2.38. The highest BCUT2D eigenvalue weighted by atomic mass is 15.1. The van der Waals surface area contributed by atoms with Gasteiger partial charge in [-0.25, -0.2) is 9.97 Å². The van der Waals surface area contributed by atoms with Crippen LogP contribution >= 0.6 is 0 Å². The summed E-state index contributed by atoms with van der Waals surface area (Å²) in [4.78, 5) is 10.7. The van der Waals surface area contributed by atoms with E-state index in [2.05, 4.69) is 173 Å². The maximum Gasteiger partial charge on any atom is 0.115 e. The van der Waals surface area contributed by atoms with Crippen LogP contribution in [0.3, 0.4) is 0 Å². The molecule has 220 valence electrons. The Labute approximate surface area is 268 Å². The van der Waals surface area contributed by atoms with Crippen molar-refractivity contribution in [2.75, 3.05) is 4.90 Å². The Balaban J connectivity index is 1.22. The molecule has 0 spiro atoms. The summed E-state index contributed by atoms with van der Waals surface area (Å²) in [6.45, 7) is 4.33. The van der Waals surface area contributed by atoms with Gasteiger partial charge in [0.1, 0.15) is 6.33 Å². The molecule has 2 heterocycles. The highest BCUT2D eigenvalue weighted by Gasteiger charge is 2.17. The van der Waals surface area contributed by atoms with Crippen LogP contribution in [0.15, 0.2) is 158 Å². The number of aromatic nitrogens is 3. The van der Waals surface area contributed by atoms with E-state index in [1.54, 1.807) is 6.33 Å². The highest BCUT2D eigenvalue weighted by molar-refractivity contribution is 6.10. The van der Waals surface area contributed by atoms with E-state index in [0.29, 0.717) is 0 Å². The molecule has 8 aromatic rings. The summed E-state index contributed by atoms with van der Waals surface area (Å²) in [6, 6.07) is 50.1. The molecule has 46 heavy (non-hydrogen) atoms. The Kier molecular flexibility index (Phi) is 6.88. The minimum absolute atomic E-state index is 1.04. The molecule has 0 saturated carbocycles. The first-order valence-electron chi connectivity index (χ1n) is 15.6. The predicted octanol–water partition coefficient (Wildman–Crippen LogP) is 11.0. The minimum Gasteiger partial charge on any atom is -0.310 e. The van der Waals surface area contributed by atoms with E-state index in [0.717, 1.165) is 28.3 Å². The zero-order chi connectivity index (χ0) is 31.0. The number of aryl methyl sites for hydroxylation is 2. The van der Waals surface area contributed by atoms with Crippen LogP contribution in [0.25, 0.3) is 49.7 Å². The van der Waals surface area contributed by atoms with Gasteiger partial charge in [-0.15, -0.1) is 0 Å². The lowest BCUT2D eigenvalue weighted by atomic mass is 9.93. The number of hydrogen-bond donors (Lipinski definition) is 0. The van der Waals surface area contributed by atoms with Gasteiger partial charge in [-0.3, -0.25) is 0 Å². The second-order valence-corrected chi connectivity index (χ2v) is 11.7. The van der Waals surface area contributed by atoms with Gasteiger partial charge in [0.2, 0.25) is 0 Å². The van der Waals surface area contributed by atoms with Crippen molar-refractivity contribution in [2.45, 2.75) is 13.8 Å². The van der Waals surface area contributed by atoms with Gasteiger partial charge in [0, 0.05) is 51.5 Å². The molecular weight excluding hydrogens is 560 g/mol. The van der Waals surface area contributed by atoms with Crippen molar-refractivity contribution < 1.29 is 0 Å². The Morgan fingerprint density at radius 1 is 0.478 bits per heavy atom. The number of para-hydroxylation sites is 3. The molecule has 0 bridgehead atoms. The molecule has 8 rings (SSSR count). The molecular formula is C42H32N4. The van der Waals surface area contributed by atoms with Crippen LogP contribution < -0.4 is 4.90 Å². The van der Waals surface area contributed by atoms with Crippen LogP contribution in [-0.2, 0) is 0 Å². The Hall–Kier alpha value is -6.00. The lowest BCUT2D eigenvalue weighted by Crippen LogP contribution is -2.09. The van der Waals surface area contributed by atoms with E-state index in [1.807, 2.05) is 12.4 Å². The van der Waals surface area contributed by atoms with Crippen LogP contribution in [-0.4, -0.2) is 14.5 Å². The van der Waals surface area contributed by atoms with E-state index in [1.165, 1.54) is 49.6 Å². The second kappa shape index (κ2) is 11.5. The van der Waals surface area contributed by atoms with Crippen molar-refractivity contribution in [2.24, 2.45) is 0 Å². The Morgan fingerprint density at radius 3 is 1.70 bits per heavy atom. The van der Waals surface area contributed by atoms with E-state index in [4.69, 9.17) is 0 Å². The third-order valence-corrected chi connectivity index (χ3v) is 8.82. The molecule has 4 nitrogen and oxygen atoms in total. The van der Waals surface area contributed by atoms with Crippen LogP contribution in [0.4, 0.5) is 17.1 Å². The molecule has 0 atom stereocenters. The summed E-state index contributed by atoms with van der Waals surface area (Å²) in [5, 5.41) is 2.46. The molecule has 0 aliphatic heterocycles. The van der Waals surface area contributed by atoms with Crippen molar-refractivity contribution in [1.82, 2.24) is 14.5 Å². The van der Waals surface area contributed by atoms with Crippen LogP contribution in [0.1, 0.15) is 11.1 Å². The lowest BCUT2D eigenvalue weighted by Gasteiger charge is -2.25. The molecule has 0 unspecified atom stereocenters. The number of anilines is 3. The van der Waals surface area contributed by atoms with Gasteiger partial charge in [0.05, 0.1) is 11.0 Å². The fourth-order valence-corrected chi connectivity index (χ4v) is 6.65. The van der Waals surface area contributed by atoms with Crippen molar-refractivity contribution >= 4 is 38.9 Å². The normalized spacial score (nSPS) is 11.3. The Morgan fingerprint density at radius 2 is 1.04 bits per heavy atom. The number of benzene rings is 6. The molecule has 0 amide bonds. The maximum atomic E-state index is 4.21. The summed E-state index contributed by atoms with van der Waals surface area (Å²) in [7, 11) is 0. The fraction of sp³-hybridized carbons (Fsp3) is 0.0476. The molecule has 0 saturated heterocycles. The molecule has 0 aliphatic carbocycles. The second-order valence-electron chi connectivity index (χ2n) is 11.7. The smallest absolute Gasteiger partial charge is 0.115 e. The average molecular weight is 593 g/mol. The summed E-state index contributed by atoms with van der Waals surface area (Å²) in [5.41, 5.74) is 14.0. The molecule has 4 heteroatoms. The van der Waals surface area contributed by atoms with Crippen LogP contribution in [0.2, 0.25) is 0 Å². The van der Waals surface area contributed by atoms with E-state index in [-0.39, 0.29) is 0 Å². The third-order valence-electron chi connectivity index (χ3n) is 8.82. The topological polar surface area (TPSA) is 34.0 Å². The first kappa shape index (κ1) is 27.5. The van der Waals surface area contributed by atoms with E-state index in [9.17, 15) is 0 Å². The minimum atomic E-state index is 1.04. The number of fused-ring (bicyclic) bond motifs is 3. The zero-order valence-corrected chi connectivity index (χ0v) is 25.8. The molecule has 0 radical (unpaired) electrons. The first-order chi connectivity index (χ1) is 22.7. The molecule has 0 N–H and O–H groups in total. The fourth-order valence-electron chi connectivity index (χ4n) is 6.65. The van der Waals surface area contributed by atoms with Crippen molar-refractivity contribution in [3.05, 3.63) is 169 Å². The third kappa shape index (κ3) is 4.81. The molecule has 0 aliphatic rings. The van der Waals surface area contributed by atoms with Crippen LogP contribution in [0.5, 0.6) is 0 Å². The van der Waals surface area contributed by atoms with Gasteiger partial charge in [-0.2, -0.15) is 0 Å². The van der Waals surface area contributed by atoms with Gasteiger partial charge in [-0.05, 0) is 102 Å². The van der Waals surface area contributed by atoms with Crippen molar-refractivity contribution in [1.29, 1.82) is 0 Å². The van der Waals surface area contributed by atoms with Gasteiger partial charge >= 0.3 is 0 Å². The van der Waals surface area contributed by atoms with Crippen molar-refractivity contribution in [3.63, 3.8) is 0 Å². The number of rotatable bonds is 6. The first-order valence-corrected chi connectivity index (χ1v) is 15.6. The van der Waals surface area contributed by atoms with E-state index >= 15 is 0 Å². The van der Waals surface area contributed by atoms with E-state index < -0.39 is 0 Å². The largest absolute Gasteiger partial charge is 0.310 e. The van der Waals surface area contributed by atoms with Gasteiger partial charge < -0.3 is 9.47 Å². The average Bonchev–Trinajstić information content (AvgIpc) is 3.44. The summed E-state index contributed by atoms with van der Waals surface area (Å²) in [6.07, 6.45) is 5.32. The quantitative estimate of drug-likeness (QED) is 0.193. The van der Waals surface area contributed by atoms with Gasteiger partial charge in [-0.1, -0.05) is 78.9 Å². The Bertz CT molecular complexity index is 2270. The summed E-state index contributed by atoms with van der Waals surface area (Å²) >= 11 is 0. The zero-order valence-electron chi connectivity index (χ0n) is 25.8. The SMILES string of the molecule is Cc1cc(-c2cncnc2)c(C)cc1-c1ccc(-n2c3ccccc3c3cc(N(c4ccccc4)c4ccccc4)ccc32)cc1. The number of hydrogen-bond acceptors (Lipinski definition) is 3. The summed E-state index contributed by atoms with van der Waals surface area (Å²) in [5.74, 6) is 0. The van der Waals surface area contributed by atoms with Crippen molar-refractivity contribution in [3.8, 4) is 27.9 Å².